The van der Waals surface area contributed by atoms with E-state index in [4.69, 9.17) is 10.8 Å². The Bertz CT molecular complexity index is 402. The van der Waals surface area contributed by atoms with Gasteiger partial charge in [0.1, 0.15) is 0 Å². The summed E-state index contributed by atoms with van der Waals surface area (Å²) in [6.07, 6.45) is -0.384. The third-order valence-electron chi connectivity index (χ3n) is 2.39. The van der Waals surface area contributed by atoms with Gasteiger partial charge in [-0.15, -0.1) is 0 Å². The fourth-order valence-corrected chi connectivity index (χ4v) is 1.90. The van der Waals surface area contributed by atoms with E-state index in [-0.39, 0.29) is 12.0 Å². The van der Waals surface area contributed by atoms with Crippen molar-refractivity contribution < 1.29 is 9.90 Å². The van der Waals surface area contributed by atoms with Gasteiger partial charge in [-0.1, -0.05) is 15.9 Å². The number of nitrogens with two attached hydrogens (primary N) is 1. The third kappa shape index (κ3) is 1.98. The number of amides is 1. The molecule has 1 aliphatic heterocycles. The molecule has 0 bridgehead atoms. The maximum atomic E-state index is 11.8. The SMILES string of the molecule is Nc1cc(Br)ccc1C(=O)N1CC(O)C1. The van der Waals surface area contributed by atoms with Gasteiger partial charge in [0.2, 0.25) is 0 Å². The number of hydrogen-bond acceptors (Lipinski definition) is 3. The number of aliphatic hydroxyl groups is 1. The van der Waals surface area contributed by atoms with Crippen molar-refractivity contribution in [1.29, 1.82) is 0 Å². The lowest BCUT2D eigenvalue weighted by molar-refractivity contribution is 0.00596. The van der Waals surface area contributed by atoms with E-state index in [1.807, 2.05) is 0 Å². The fourth-order valence-electron chi connectivity index (χ4n) is 1.52. The van der Waals surface area contributed by atoms with Crippen LogP contribution in [0.25, 0.3) is 0 Å². The molecule has 80 valence electrons. The number of hydrogen-bond donors (Lipinski definition) is 2. The van der Waals surface area contributed by atoms with E-state index in [0.717, 1.165) is 4.47 Å². The zero-order valence-electron chi connectivity index (χ0n) is 7.98. The van der Waals surface area contributed by atoms with Gasteiger partial charge in [-0.3, -0.25) is 4.79 Å². The second-order valence-corrected chi connectivity index (χ2v) is 4.51. The van der Waals surface area contributed by atoms with E-state index in [2.05, 4.69) is 15.9 Å². The maximum absolute atomic E-state index is 11.8. The third-order valence-corrected chi connectivity index (χ3v) is 2.89. The van der Waals surface area contributed by atoms with Crippen LogP contribution in [-0.2, 0) is 0 Å². The van der Waals surface area contributed by atoms with Gasteiger partial charge in [0.15, 0.2) is 0 Å². The second kappa shape index (κ2) is 3.83. The van der Waals surface area contributed by atoms with Gasteiger partial charge in [0.05, 0.1) is 11.7 Å². The molecule has 0 aromatic heterocycles. The summed E-state index contributed by atoms with van der Waals surface area (Å²) in [7, 11) is 0. The number of nitrogen functional groups attached to an aromatic ring is 1. The highest BCUT2D eigenvalue weighted by Crippen LogP contribution is 2.21. The van der Waals surface area contributed by atoms with Crippen molar-refractivity contribution in [3.8, 4) is 0 Å². The minimum Gasteiger partial charge on any atom is -0.398 e. The smallest absolute Gasteiger partial charge is 0.256 e. The van der Waals surface area contributed by atoms with Crippen molar-refractivity contribution in [3.63, 3.8) is 0 Å². The van der Waals surface area contributed by atoms with Crippen LogP contribution in [0, 0.1) is 0 Å². The van der Waals surface area contributed by atoms with Crippen molar-refractivity contribution in [1.82, 2.24) is 4.90 Å². The van der Waals surface area contributed by atoms with Crippen LogP contribution in [0.5, 0.6) is 0 Å². The van der Waals surface area contributed by atoms with Crippen LogP contribution >= 0.6 is 15.9 Å². The minimum absolute atomic E-state index is 0.120. The molecule has 4 nitrogen and oxygen atoms in total. The summed E-state index contributed by atoms with van der Waals surface area (Å²) >= 11 is 3.28. The fraction of sp³-hybridized carbons (Fsp3) is 0.300. The summed E-state index contributed by atoms with van der Waals surface area (Å²) in [5.41, 5.74) is 6.68. The van der Waals surface area contributed by atoms with Gasteiger partial charge in [0.25, 0.3) is 5.91 Å². The van der Waals surface area contributed by atoms with Gasteiger partial charge in [-0.2, -0.15) is 0 Å². The standard InChI is InChI=1S/C10H11BrN2O2/c11-6-1-2-8(9(12)3-6)10(15)13-4-7(14)5-13/h1-3,7,14H,4-5,12H2. The molecular formula is C10H11BrN2O2. The molecule has 0 radical (unpaired) electrons. The molecule has 1 saturated heterocycles. The molecule has 0 saturated carbocycles. The molecule has 0 aliphatic carbocycles. The number of halogens is 1. The topological polar surface area (TPSA) is 66.6 Å². The molecule has 1 amide bonds. The Morgan fingerprint density at radius 2 is 2.20 bits per heavy atom. The Hall–Kier alpha value is -1.07. The quantitative estimate of drug-likeness (QED) is 0.744. The first-order chi connectivity index (χ1) is 7.08. The molecule has 15 heavy (non-hydrogen) atoms. The summed E-state index contributed by atoms with van der Waals surface area (Å²) in [5.74, 6) is -0.120. The lowest BCUT2D eigenvalue weighted by atomic mass is 10.1. The van der Waals surface area contributed by atoms with Crippen molar-refractivity contribution in [2.24, 2.45) is 0 Å². The van der Waals surface area contributed by atoms with E-state index >= 15 is 0 Å². The van der Waals surface area contributed by atoms with Crippen LogP contribution in [0.3, 0.4) is 0 Å². The summed E-state index contributed by atoms with van der Waals surface area (Å²) in [4.78, 5) is 13.4. The average Bonchev–Trinajstić information content (AvgIpc) is 2.12. The first-order valence-corrected chi connectivity index (χ1v) is 5.39. The summed E-state index contributed by atoms with van der Waals surface area (Å²) < 4.78 is 0.847. The van der Waals surface area contributed by atoms with E-state index in [1.165, 1.54) is 0 Å². The molecule has 1 aliphatic rings. The molecule has 0 atom stereocenters. The first kappa shape index (κ1) is 10.4. The molecule has 1 fully saturated rings. The highest BCUT2D eigenvalue weighted by Gasteiger charge is 2.30. The molecular weight excluding hydrogens is 260 g/mol. The Labute approximate surface area is 95.8 Å². The van der Waals surface area contributed by atoms with Crippen molar-refractivity contribution in [3.05, 3.63) is 28.2 Å². The van der Waals surface area contributed by atoms with Gasteiger partial charge >= 0.3 is 0 Å². The van der Waals surface area contributed by atoms with Crippen LogP contribution in [0.4, 0.5) is 5.69 Å². The zero-order chi connectivity index (χ0) is 11.0. The van der Waals surface area contributed by atoms with Crippen molar-refractivity contribution in [2.45, 2.75) is 6.10 Å². The molecule has 5 heteroatoms. The zero-order valence-corrected chi connectivity index (χ0v) is 9.57. The normalized spacial score (nSPS) is 16.3. The van der Waals surface area contributed by atoms with E-state index in [0.29, 0.717) is 24.3 Å². The number of benzene rings is 1. The first-order valence-electron chi connectivity index (χ1n) is 4.60. The lowest BCUT2D eigenvalue weighted by Crippen LogP contribution is -2.53. The highest BCUT2D eigenvalue weighted by atomic mass is 79.9. The monoisotopic (exact) mass is 270 g/mol. The number of nitrogens with zero attached hydrogens (tertiary/aromatic N) is 1. The largest absolute Gasteiger partial charge is 0.398 e. The van der Waals surface area contributed by atoms with Gasteiger partial charge < -0.3 is 15.7 Å². The van der Waals surface area contributed by atoms with Crippen LogP contribution in [0.1, 0.15) is 10.4 Å². The molecule has 0 spiro atoms. The molecule has 1 heterocycles. The van der Waals surface area contributed by atoms with Crippen molar-refractivity contribution >= 4 is 27.5 Å². The number of carbonyl (C=O) groups excluding carboxylic acids is 1. The van der Waals surface area contributed by atoms with Crippen LogP contribution in [-0.4, -0.2) is 35.1 Å². The van der Waals surface area contributed by atoms with Gasteiger partial charge in [-0.05, 0) is 18.2 Å². The Balaban J connectivity index is 2.19. The number of likely N-dealkylation sites (tertiary alicyclic amines) is 1. The molecule has 2 rings (SSSR count). The number of carbonyl (C=O) groups is 1. The van der Waals surface area contributed by atoms with Crippen LogP contribution < -0.4 is 5.73 Å². The van der Waals surface area contributed by atoms with Gasteiger partial charge in [-0.25, -0.2) is 0 Å². The predicted octanol–water partition coefficient (Wildman–Crippen LogP) is 0.848. The summed E-state index contributed by atoms with van der Waals surface area (Å²) in [6, 6.07) is 5.16. The Morgan fingerprint density at radius 3 is 2.73 bits per heavy atom. The molecule has 3 N–H and O–H groups in total. The number of aliphatic hydroxyl groups excluding tert-OH is 1. The predicted molar refractivity (Wildman–Crippen MR) is 60.5 cm³/mol. The van der Waals surface area contributed by atoms with E-state index in [1.54, 1.807) is 23.1 Å². The number of rotatable bonds is 1. The summed E-state index contributed by atoms with van der Waals surface area (Å²) in [5, 5.41) is 9.09. The number of β-amino-alcohol motifs (C(OH)–C–C–N with tert-alkyl or cyclic N) is 1. The van der Waals surface area contributed by atoms with Crippen LogP contribution in [0.2, 0.25) is 0 Å². The van der Waals surface area contributed by atoms with Crippen LogP contribution in [0.15, 0.2) is 22.7 Å². The van der Waals surface area contributed by atoms with E-state index < -0.39 is 0 Å². The van der Waals surface area contributed by atoms with E-state index in [9.17, 15) is 4.79 Å². The second-order valence-electron chi connectivity index (χ2n) is 3.60. The lowest BCUT2D eigenvalue weighted by Gasteiger charge is -2.36. The molecule has 1 aromatic rings. The maximum Gasteiger partial charge on any atom is 0.256 e. The molecule has 0 unspecified atom stereocenters. The Kier molecular flexibility index (Phi) is 2.67. The number of anilines is 1. The Morgan fingerprint density at radius 1 is 1.53 bits per heavy atom. The summed E-state index contributed by atoms with van der Waals surface area (Å²) in [6.45, 7) is 0.794. The highest BCUT2D eigenvalue weighted by molar-refractivity contribution is 9.10. The molecule has 1 aromatic carbocycles. The van der Waals surface area contributed by atoms with Crippen molar-refractivity contribution in [2.75, 3.05) is 18.8 Å². The van der Waals surface area contributed by atoms with Gasteiger partial charge in [0, 0.05) is 23.2 Å². The average molecular weight is 271 g/mol. The minimum atomic E-state index is -0.384.